The van der Waals surface area contributed by atoms with E-state index in [1.165, 1.54) is 0 Å². The largest absolute Gasteiger partial charge is 0.444 e. The van der Waals surface area contributed by atoms with Crippen LogP contribution in [0, 0.1) is 33.4 Å². The van der Waals surface area contributed by atoms with Crippen molar-refractivity contribution in [1.82, 2.24) is 0 Å². The van der Waals surface area contributed by atoms with Gasteiger partial charge in [0.1, 0.15) is 0 Å². The number of ether oxygens (including phenoxy) is 1. The Balaban J connectivity index is 2.53. The number of nitro groups is 1. The first-order chi connectivity index (χ1) is 11.0. The van der Waals surface area contributed by atoms with Crippen LogP contribution >= 0.6 is 0 Å². The summed E-state index contributed by atoms with van der Waals surface area (Å²) in [7, 11) is 0. The Kier molecular flexibility index (Phi) is 4.36. The summed E-state index contributed by atoms with van der Waals surface area (Å²) in [4.78, 5) is 9.51. The first-order valence-electron chi connectivity index (χ1n) is 5.88. The first kappa shape index (κ1) is 17.5. The van der Waals surface area contributed by atoms with Crippen LogP contribution in [0.25, 0.3) is 0 Å². The Morgan fingerprint density at radius 1 is 0.875 bits per heavy atom. The second-order valence-electron chi connectivity index (χ2n) is 4.36. The molecule has 0 aliphatic heterocycles. The van der Waals surface area contributed by atoms with Gasteiger partial charge in [-0.2, -0.15) is 13.2 Å². The number of hydrogen-bond donors (Lipinski definition) is 0. The van der Waals surface area contributed by atoms with Crippen molar-refractivity contribution in [1.29, 1.82) is 0 Å². The van der Waals surface area contributed by atoms with Gasteiger partial charge in [-0.25, -0.2) is 17.6 Å². The third kappa shape index (κ3) is 3.39. The minimum absolute atomic E-state index is 0.102. The average Bonchev–Trinajstić information content (AvgIpc) is 2.44. The van der Waals surface area contributed by atoms with Crippen LogP contribution in [0.1, 0.15) is 5.56 Å². The molecule has 0 aromatic heterocycles. The molecule has 128 valence electrons. The summed E-state index contributed by atoms with van der Waals surface area (Å²) in [5, 5.41) is 10.7. The van der Waals surface area contributed by atoms with Crippen LogP contribution in [0.2, 0.25) is 0 Å². The molecule has 0 amide bonds. The number of nitrogens with zero attached hydrogens (tertiary/aromatic N) is 1. The third-order valence-electron chi connectivity index (χ3n) is 2.74. The third-order valence-corrected chi connectivity index (χ3v) is 2.74. The summed E-state index contributed by atoms with van der Waals surface area (Å²) in [6, 6.07) is 0.0306. The Morgan fingerprint density at radius 2 is 1.38 bits per heavy atom. The van der Waals surface area contributed by atoms with Crippen LogP contribution in [0.15, 0.2) is 24.3 Å². The predicted octanol–water partition coefficient (Wildman–Crippen LogP) is 4.96. The standard InChI is InChI=1S/C13H4F7NO3/c14-6-3-10(21(22)23)11(4-7(6)15)24-12-8(16)1-5(2-9(12)17)13(18,19)20/h1-4H. The zero-order chi connectivity index (χ0) is 18.2. The highest BCUT2D eigenvalue weighted by Crippen LogP contribution is 2.38. The monoisotopic (exact) mass is 355 g/mol. The van der Waals surface area contributed by atoms with Crippen molar-refractivity contribution < 1.29 is 40.4 Å². The van der Waals surface area contributed by atoms with Crippen LogP contribution in [-0.2, 0) is 6.18 Å². The molecule has 0 bridgehead atoms. The zero-order valence-electron chi connectivity index (χ0n) is 11.1. The molecule has 4 nitrogen and oxygen atoms in total. The Bertz CT molecular complexity index is 797. The number of rotatable bonds is 3. The normalized spacial score (nSPS) is 11.5. The highest BCUT2D eigenvalue weighted by Gasteiger charge is 2.33. The fourth-order valence-corrected chi connectivity index (χ4v) is 1.67. The van der Waals surface area contributed by atoms with Crippen molar-refractivity contribution in [2.45, 2.75) is 6.18 Å². The molecule has 2 aromatic carbocycles. The lowest BCUT2D eigenvalue weighted by Crippen LogP contribution is -2.07. The maximum Gasteiger partial charge on any atom is 0.416 e. The van der Waals surface area contributed by atoms with Gasteiger partial charge in [0.2, 0.25) is 5.75 Å². The van der Waals surface area contributed by atoms with E-state index in [1.54, 1.807) is 0 Å². The van der Waals surface area contributed by atoms with Gasteiger partial charge < -0.3 is 4.74 Å². The second kappa shape index (κ2) is 5.98. The van der Waals surface area contributed by atoms with Gasteiger partial charge in [-0.3, -0.25) is 10.1 Å². The van der Waals surface area contributed by atoms with E-state index in [9.17, 15) is 40.8 Å². The predicted molar refractivity (Wildman–Crippen MR) is 64.4 cm³/mol. The van der Waals surface area contributed by atoms with E-state index >= 15 is 0 Å². The molecule has 11 heteroatoms. The molecule has 0 unspecified atom stereocenters. The van der Waals surface area contributed by atoms with E-state index in [-0.39, 0.29) is 24.3 Å². The van der Waals surface area contributed by atoms with E-state index < -0.39 is 57.1 Å². The first-order valence-corrected chi connectivity index (χ1v) is 5.88. The summed E-state index contributed by atoms with van der Waals surface area (Å²) in [5.41, 5.74) is -2.84. The van der Waals surface area contributed by atoms with Crippen molar-refractivity contribution in [2.24, 2.45) is 0 Å². The van der Waals surface area contributed by atoms with Gasteiger partial charge in [-0.15, -0.1) is 0 Å². The van der Waals surface area contributed by atoms with Gasteiger partial charge in [0.05, 0.1) is 16.6 Å². The van der Waals surface area contributed by atoms with Crippen LogP contribution in [0.4, 0.5) is 36.4 Å². The lowest BCUT2D eigenvalue weighted by Gasteiger charge is -2.12. The number of alkyl halides is 3. The van der Waals surface area contributed by atoms with Crippen molar-refractivity contribution in [3.63, 3.8) is 0 Å². The quantitative estimate of drug-likeness (QED) is 0.444. The second-order valence-corrected chi connectivity index (χ2v) is 4.36. The van der Waals surface area contributed by atoms with Crippen molar-refractivity contribution >= 4 is 5.69 Å². The smallest absolute Gasteiger partial charge is 0.416 e. The van der Waals surface area contributed by atoms with E-state index in [0.717, 1.165) is 0 Å². The van der Waals surface area contributed by atoms with Crippen LogP contribution in [0.3, 0.4) is 0 Å². The molecule has 0 atom stereocenters. The average molecular weight is 355 g/mol. The van der Waals surface area contributed by atoms with E-state index in [2.05, 4.69) is 4.74 Å². The molecule has 0 radical (unpaired) electrons. The van der Waals surface area contributed by atoms with Gasteiger partial charge in [0, 0.05) is 6.07 Å². The minimum atomic E-state index is -5.05. The maximum absolute atomic E-state index is 13.6. The van der Waals surface area contributed by atoms with Crippen molar-refractivity contribution in [3.8, 4) is 11.5 Å². The fourth-order valence-electron chi connectivity index (χ4n) is 1.67. The molecule has 2 aromatic rings. The van der Waals surface area contributed by atoms with E-state index in [0.29, 0.717) is 0 Å². The van der Waals surface area contributed by atoms with Crippen LogP contribution in [0.5, 0.6) is 11.5 Å². The number of nitro benzene ring substituents is 1. The highest BCUT2D eigenvalue weighted by atomic mass is 19.4. The zero-order valence-corrected chi connectivity index (χ0v) is 11.1. The highest BCUT2D eigenvalue weighted by molar-refractivity contribution is 5.49. The topological polar surface area (TPSA) is 52.4 Å². The summed E-state index contributed by atoms with van der Waals surface area (Å²) < 4.78 is 95.1. The van der Waals surface area contributed by atoms with Crippen molar-refractivity contribution in [2.75, 3.05) is 0 Å². The summed E-state index contributed by atoms with van der Waals surface area (Å²) in [6.45, 7) is 0. The number of benzene rings is 2. The lowest BCUT2D eigenvalue weighted by molar-refractivity contribution is -0.385. The number of halogens is 7. The molecular weight excluding hydrogens is 351 g/mol. The summed E-state index contributed by atoms with van der Waals surface area (Å²) in [5.74, 6) is -9.43. The molecule has 0 aliphatic carbocycles. The Hall–Kier alpha value is -2.85. The van der Waals surface area contributed by atoms with Gasteiger partial charge >= 0.3 is 11.9 Å². The van der Waals surface area contributed by atoms with Crippen LogP contribution in [-0.4, -0.2) is 4.92 Å². The maximum atomic E-state index is 13.6. The molecule has 0 fully saturated rings. The molecule has 0 spiro atoms. The molecule has 24 heavy (non-hydrogen) atoms. The van der Waals surface area contributed by atoms with Gasteiger partial charge in [-0.05, 0) is 12.1 Å². The molecule has 0 saturated carbocycles. The molecule has 0 N–H and O–H groups in total. The fraction of sp³-hybridized carbons (Fsp3) is 0.0769. The SMILES string of the molecule is O=[N+]([O-])c1cc(F)c(F)cc1Oc1c(F)cc(C(F)(F)F)cc1F. The summed E-state index contributed by atoms with van der Waals surface area (Å²) >= 11 is 0. The summed E-state index contributed by atoms with van der Waals surface area (Å²) in [6.07, 6.45) is -5.05. The molecule has 0 heterocycles. The van der Waals surface area contributed by atoms with E-state index in [4.69, 9.17) is 0 Å². The molecular formula is C13H4F7NO3. The van der Waals surface area contributed by atoms with Crippen molar-refractivity contribution in [3.05, 3.63) is 63.2 Å². The molecule has 0 saturated heterocycles. The Morgan fingerprint density at radius 3 is 1.83 bits per heavy atom. The minimum Gasteiger partial charge on any atom is -0.444 e. The van der Waals surface area contributed by atoms with Gasteiger partial charge in [0.25, 0.3) is 0 Å². The van der Waals surface area contributed by atoms with Gasteiger partial charge in [0.15, 0.2) is 29.0 Å². The lowest BCUT2D eigenvalue weighted by atomic mass is 10.2. The molecule has 0 aliphatic rings. The van der Waals surface area contributed by atoms with Gasteiger partial charge in [-0.1, -0.05) is 0 Å². The Labute approximate surface area is 128 Å². The number of hydrogen-bond acceptors (Lipinski definition) is 3. The molecule has 2 rings (SSSR count). The van der Waals surface area contributed by atoms with E-state index in [1.807, 2.05) is 0 Å². The van der Waals surface area contributed by atoms with Crippen LogP contribution < -0.4 is 4.74 Å².